The van der Waals surface area contributed by atoms with Gasteiger partial charge in [-0.2, -0.15) is 4.98 Å². The van der Waals surface area contributed by atoms with Crippen molar-refractivity contribution in [2.75, 3.05) is 37.7 Å². The number of nitrogens with two attached hydrogens (primary N) is 2. The Bertz CT molecular complexity index is 772. The van der Waals surface area contributed by atoms with Crippen LogP contribution in [0, 0.1) is 0 Å². The van der Waals surface area contributed by atoms with Gasteiger partial charge in [0, 0.05) is 18.5 Å². The molecule has 30 heavy (non-hydrogen) atoms. The van der Waals surface area contributed by atoms with Crippen LogP contribution in [-0.4, -0.2) is 41.1 Å². The fourth-order valence-electron chi connectivity index (χ4n) is 4.07. The SMILES string of the molecule is CCCCCCc1nc(N)nc(N)c1Cc1ccc(OCCN2CCCCC2)cc1. The van der Waals surface area contributed by atoms with Gasteiger partial charge >= 0.3 is 0 Å². The molecule has 1 fully saturated rings. The lowest BCUT2D eigenvalue weighted by Crippen LogP contribution is -2.33. The van der Waals surface area contributed by atoms with E-state index in [2.05, 4.69) is 33.9 Å². The lowest BCUT2D eigenvalue weighted by molar-refractivity contribution is 0.183. The van der Waals surface area contributed by atoms with E-state index in [9.17, 15) is 0 Å². The maximum atomic E-state index is 6.21. The molecule has 0 radical (unpaired) electrons. The number of likely N-dealkylation sites (tertiary alicyclic amines) is 1. The summed E-state index contributed by atoms with van der Waals surface area (Å²) in [6.45, 7) is 6.36. The summed E-state index contributed by atoms with van der Waals surface area (Å²) >= 11 is 0. The van der Waals surface area contributed by atoms with E-state index in [0.29, 0.717) is 12.2 Å². The lowest BCUT2D eigenvalue weighted by atomic mass is 10.0. The molecule has 0 atom stereocenters. The van der Waals surface area contributed by atoms with Crippen LogP contribution in [0.2, 0.25) is 0 Å². The van der Waals surface area contributed by atoms with Crippen molar-refractivity contribution < 1.29 is 4.74 Å². The third kappa shape index (κ3) is 6.87. The molecular weight excluding hydrogens is 374 g/mol. The summed E-state index contributed by atoms with van der Waals surface area (Å²) < 4.78 is 5.95. The number of hydrogen-bond donors (Lipinski definition) is 2. The van der Waals surface area contributed by atoms with Crippen LogP contribution in [0.15, 0.2) is 24.3 Å². The first-order valence-electron chi connectivity index (χ1n) is 11.5. The number of aryl methyl sites for hydroxylation is 1. The fraction of sp³-hybridized carbons (Fsp3) is 0.583. The average molecular weight is 412 g/mol. The fourth-order valence-corrected chi connectivity index (χ4v) is 4.07. The van der Waals surface area contributed by atoms with Crippen LogP contribution in [0.4, 0.5) is 11.8 Å². The number of ether oxygens (including phenoxy) is 1. The van der Waals surface area contributed by atoms with Crippen LogP contribution in [0.25, 0.3) is 0 Å². The number of nitrogens with zero attached hydrogens (tertiary/aromatic N) is 3. The quantitative estimate of drug-likeness (QED) is 0.538. The van der Waals surface area contributed by atoms with Gasteiger partial charge in [0.25, 0.3) is 0 Å². The van der Waals surface area contributed by atoms with Crippen LogP contribution >= 0.6 is 0 Å². The Balaban J connectivity index is 1.56. The molecule has 0 amide bonds. The van der Waals surface area contributed by atoms with Gasteiger partial charge in [0.05, 0.1) is 5.69 Å². The van der Waals surface area contributed by atoms with Gasteiger partial charge < -0.3 is 16.2 Å². The van der Waals surface area contributed by atoms with Crippen molar-refractivity contribution in [2.45, 2.75) is 64.7 Å². The molecule has 0 unspecified atom stereocenters. The largest absolute Gasteiger partial charge is 0.492 e. The van der Waals surface area contributed by atoms with Gasteiger partial charge in [0.2, 0.25) is 5.95 Å². The minimum Gasteiger partial charge on any atom is -0.492 e. The van der Waals surface area contributed by atoms with Crippen molar-refractivity contribution in [3.05, 3.63) is 41.1 Å². The molecule has 0 aliphatic carbocycles. The van der Waals surface area contributed by atoms with E-state index >= 15 is 0 Å². The summed E-state index contributed by atoms with van der Waals surface area (Å²) in [5, 5.41) is 0. The minimum atomic E-state index is 0.263. The van der Waals surface area contributed by atoms with Crippen LogP contribution in [0.1, 0.15) is 68.7 Å². The number of piperidine rings is 1. The van der Waals surface area contributed by atoms with Gasteiger partial charge in [-0.05, 0) is 56.5 Å². The van der Waals surface area contributed by atoms with E-state index in [1.54, 1.807) is 0 Å². The highest BCUT2D eigenvalue weighted by Gasteiger charge is 2.13. The first kappa shape index (κ1) is 22.3. The molecule has 4 N–H and O–H groups in total. The average Bonchev–Trinajstić information content (AvgIpc) is 2.75. The summed E-state index contributed by atoms with van der Waals surface area (Å²) in [5.74, 6) is 1.67. The smallest absolute Gasteiger partial charge is 0.222 e. The van der Waals surface area contributed by atoms with Gasteiger partial charge in [-0.3, -0.25) is 4.90 Å². The Morgan fingerprint density at radius 1 is 0.967 bits per heavy atom. The molecular formula is C24H37N5O. The normalized spacial score (nSPS) is 14.7. The van der Waals surface area contributed by atoms with Gasteiger partial charge in [-0.25, -0.2) is 4.98 Å². The van der Waals surface area contributed by atoms with E-state index in [1.807, 2.05) is 12.1 Å². The minimum absolute atomic E-state index is 0.263. The molecule has 3 rings (SSSR count). The monoisotopic (exact) mass is 411 g/mol. The Labute approximate surface area is 181 Å². The van der Waals surface area contributed by atoms with E-state index in [1.165, 1.54) is 57.2 Å². The van der Waals surface area contributed by atoms with Gasteiger partial charge in [-0.1, -0.05) is 44.7 Å². The first-order valence-corrected chi connectivity index (χ1v) is 11.5. The standard InChI is InChI=1S/C24H37N5O/c1-2-3-4-6-9-22-21(23(25)28-24(26)27-22)18-19-10-12-20(13-11-19)30-17-16-29-14-7-5-8-15-29/h10-13H,2-9,14-18H2,1H3,(H4,25,26,27,28). The molecule has 1 aromatic heterocycles. The summed E-state index contributed by atoms with van der Waals surface area (Å²) in [7, 11) is 0. The van der Waals surface area contributed by atoms with Crippen molar-refractivity contribution in [1.29, 1.82) is 0 Å². The summed E-state index contributed by atoms with van der Waals surface area (Å²) in [5.41, 5.74) is 15.2. The van der Waals surface area contributed by atoms with E-state index in [-0.39, 0.29) is 5.95 Å². The molecule has 6 nitrogen and oxygen atoms in total. The first-order chi connectivity index (χ1) is 14.7. The molecule has 1 saturated heterocycles. The van der Waals surface area contributed by atoms with Crippen molar-refractivity contribution in [1.82, 2.24) is 14.9 Å². The second-order valence-corrected chi connectivity index (χ2v) is 8.27. The highest BCUT2D eigenvalue weighted by Crippen LogP contribution is 2.23. The predicted molar refractivity (Wildman–Crippen MR) is 124 cm³/mol. The Kier molecular flexibility index (Phi) is 8.75. The molecule has 1 aliphatic heterocycles. The number of benzene rings is 1. The Hall–Kier alpha value is -2.34. The summed E-state index contributed by atoms with van der Waals surface area (Å²) in [4.78, 5) is 11.2. The van der Waals surface area contributed by atoms with Crippen molar-refractivity contribution in [3.8, 4) is 5.75 Å². The molecule has 1 aromatic carbocycles. The molecule has 1 aliphatic rings. The van der Waals surface area contributed by atoms with Crippen LogP contribution in [0.5, 0.6) is 5.75 Å². The van der Waals surface area contributed by atoms with Crippen LogP contribution in [-0.2, 0) is 12.8 Å². The van der Waals surface area contributed by atoms with Gasteiger partial charge in [0.15, 0.2) is 0 Å². The number of unbranched alkanes of at least 4 members (excludes halogenated alkanes) is 3. The molecule has 164 valence electrons. The third-order valence-corrected chi connectivity index (χ3v) is 5.84. The second-order valence-electron chi connectivity index (χ2n) is 8.27. The highest BCUT2D eigenvalue weighted by molar-refractivity contribution is 5.48. The zero-order chi connectivity index (χ0) is 21.2. The Morgan fingerprint density at radius 3 is 2.47 bits per heavy atom. The summed E-state index contributed by atoms with van der Waals surface area (Å²) in [6.07, 6.45) is 10.3. The topological polar surface area (TPSA) is 90.3 Å². The maximum Gasteiger partial charge on any atom is 0.222 e. The zero-order valence-corrected chi connectivity index (χ0v) is 18.4. The van der Waals surface area contributed by atoms with Crippen LogP contribution < -0.4 is 16.2 Å². The van der Waals surface area contributed by atoms with E-state index in [0.717, 1.165) is 43.0 Å². The van der Waals surface area contributed by atoms with Crippen molar-refractivity contribution in [2.24, 2.45) is 0 Å². The Morgan fingerprint density at radius 2 is 1.73 bits per heavy atom. The zero-order valence-electron chi connectivity index (χ0n) is 18.4. The molecule has 6 heteroatoms. The third-order valence-electron chi connectivity index (χ3n) is 5.84. The molecule has 2 heterocycles. The summed E-state index contributed by atoms with van der Waals surface area (Å²) in [6, 6.07) is 8.29. The van der Waals surface area contributed by atoms with Gasteiger partial charge in [0.1, 0.15) is 18.2 Å². The van der Waals surface area contributed by atoms with E-state index < -0.39 is 0 Å². The maximum absolute atomic E-state index is 6.21. The molecule has 0 spiro atoms. The second kappa shape index (κ2) is 11.7. The lowest BCUT2D eigenvalue weighted by Gasteiger charge is -2.26. The highest BCUT2D eigenvalue weighted by atomic mass is 16.5. The van der Waals surface area contributed by atoms with Gasteiger partial charge in [-0.15, -0.1) is 0 Å². The number of nitrogen functional groups attached to an aromatic ring is 2. The molecule has 0 saturated carbocycles. The van der Waals surface area contributed by atoms with Crippen LogP contribution in [0.3, 0.4) is 0 Å². The predicted octanol–water partition coefficient (Wildman–Crippen LogP) is 4.22. The molecule has 0 bridgehead atoms. The van der Waals surface area contributed by atoms with Crippen molar-refractivity contribution in [3.63, 3.8) is 0 Å². The number of anilines is 2. The van der Waals surface area contributed by atoms with E-state index in [4.69, 9.17) is 16.2 Å². The number of aromatic nitrogens is 2. The number of hydrogen-bond acceptors (Lipinski definition) is 6. The number of rotatable bonds is 11. The van der Waals surface area contributed by atoms with Crippen molar-refractivity contribution >= 4 is 11.8 Å². The molecule has 2 aromatic rings.